The van der Waals surface area contributed by atoms with E-state index in [2.05, 4.69) is 15.6 Å². The van der Waals surface area contributed by atoms with Crippen LogP contribution in [0.4, 0.5) is 5.95 Å². The third-order valence-electron chi connectivity index (χ3n) is 2.82. The van der Waals surface area contributed by atoms with Crippen molar-refractivity contribution in [3.63, 3.8) is 0 Å². The number of nitrogens with one attached hydrogen (secondary N) is 1. The van der Waals surface area contributed by atoms with Gasteiger partial charge in [-0.05, 0) is 18.2 Å². The van der Waals surface area contributed by atoms with E-state index in [1.807, 2.05) is 0 Å². The van der Waals surface area contributed by atoms with Crippen LogP contribution in [0.15, 0.2) is 23.4 Å². The Bertz CT molecular complexity index is 689. The van der Waals surface area contributed by atoms with Gasteiger partial charge >= 0.3 is 0 Å². The molecule has 3 rings (SSSR count). The monoisotopic (exact) mass is 308 g/mol. The van der Waals surface area contributed by atoms with Gasteiger partial charge in [0.25, 0.3) is 5.95 Å². The minimum absolute atomic E-state index is 0.0800. The summed E-state index contributed by atoms with van der Waals surface area (Å²) in [7, 11) is 0. The van der Waals surface area contributed by atoms with E-state index < -0.39 is 0 Å². The van der Waals surface area contributed by atoms with Crippen LogP contribution < -0.4 is 26.6 Å². The Hall–Kier alpha value is -2.46. The molecule has 110 valence electrons. The first kappa shape index (κ1) is 13.5. The first-order valence-electron chi connectivity index (χ1n) is 5.92. The van der Waals surface area contributed by atoms with Crippen molar-refractivity contribution < 1.29 is 14.3 Å². The molecule has 0 bridgehead atoms. The predicted octanol–water partition coefficient (Wildman–Crippen LogP) is -0.0188. The lowest BCUT2D eigenvalue weighted by Gasteiger charge is -2.03. The first-order chi connectivity index (χ1) is 10.2. The van der Waals surface area contributed by atoms with Gasteiger partial charge in [-0.1, -0.05) is 11.8 Å². The fraction of sp³-hybridized carbons (Fsp3) is 0.182. The highest BCUT2D eigenvalue weighted by atomic mass is 32.2. The van der Waals surface area contributed by atoms with Crippen molar-refractivity contribution in [2.45, 2.75) is 5.16 Å². The van der Waals surface area contributed by atoms with Crippen molar-refractivity contribution in [1.82, 2.24) is 14.9 Å². The van der Waals surface area contributed by atoms with E-state index in [1.165, 1.54) is 16.4 Å². The van der Waals surface area contributed by atoms with Crippen molar-refractivity contribution in [3.8, 4) is 11.5 Å². The molecule has 0 aliphatic carbocycles. The van der Waals surface area contributed by atoms with Gasteiger partial charge in [0.2, 0.25) is 11.9 Å². The number of anilines is 1. The van der Waals surface area contributed by atoms with E-state index in [9.17, 15) is 4.79 Å². The zero-order valence-corrected chi connectivity index (χ0v) is 11.6. The summed E-state index contributed by atoms with van der Waals surface area (Å²) in [6.07, 6.45) is 0. The number of Topliss-reactive ketones (excluding diaryl/α,β-unsaturated/α-hetero) is 1. The smallest absolute Gasteiger partial charge is 0.258 e. The maximum Gasteiger partial charge on any atom is 0.258 e. The van der Waals surface area contributed by atoms with Gasteiger partial charge in [-0.15, -0.1) is 10.2 Å². The van der Waals surface area contributed by atoms with E-state index in [4.69, 9.17) is 21.2 Å². The topological polar surface area (TPSA) is 130 Å². The van der Waals surface area contributed by atoms with Gasteiger partial charge in [-0.2, -0.15) is 0 Å². The maximum absolute atomic E-state index is 12.1. The molecule has 0 amide bonds. The van der Waals surface area contributed by atoms with Crippen LogP contribution in [0.2, 0.25) is 0 Å². The van der Waals surface area contributed by atoms with E-state index in [-0.39, 0.29) is 24.3 Å². The van der Waals surface area contributed by atoms with E-state index in [0.29, 0.717) is 22.2 Å². The number of ketones is 1. The molecular formula is C11H12N6O3S. The second-order valence-electron chi connectivity index (χ2n) is 4.10. The standard InChI is InChI=1S/C11H12N6O3S/c12-14-10-15-16-11(17(10)13)21-4-7(18)6-1-2-8-9(3-6)20-5-19-8/h1-3H,4-5,12-13H2,(H,14,15). The molecular weight excluding hydrogens is 296 g/mol. The van der Waals surface area contributed by atoms with Crippen molar-refractivity contribution >= 4 is 23.5 Å². The summed E-state index contributed by atoms with van der Waals surface area (Å²) < 4.78 is 11.6. The average Bonchev–Trinajstić information content (AvgIpc) is 3.10. The number of carbonyl (C=O) groups excluding carboxylic acids is 1. The molecule has 21 heavy (non-hydrogen) atoms. The highest BCUT2D eigenvalue weighted by Crippen LogP contribution is 2.33. The molecule has 1 aliphatic rings. The molecule has 1 aromatic carbocycles. The Kier molecular flexibility index (Phi) is 3.54. The minimum atomic E-state index is -0.0800. The summed E-state index contributed by atoms with van der Waals surface area (Å²) in [5.41, 5.74) is 2.83. The van der Waals surface area contributed by atoms with Crippen molar-refractivity contribution in [3.05, 3.63) is 23.8 Å². The van der Waals surface area contributed by atoms with E-state index in [0.717, 1.165) is 0 Å². The number of aromatic nitrogens is 3. The van der Waals surface area contributed by atoms with Crippen molar-refractivity contribution in [2.75, 3.05) is 23.8 Å². The summed E-state index contributed by atoms with van der Waals surface area (Å²) >= 11 is 1.17. The Morgan fingerprint density at radius 2 is 2.19 bits per heavy atom. The number of hydrogen-bond acceptors (Lipinski definition) is 9. The molecule has 0 saturated carbocycles. The average molecular weight is 308 g/mol. The lowest BCUT2D eigenvalue weighted by molar-refractivity contribution is 0.102. The molecule has 5 N–H and O–H groups in total. The molecule has 0 unspecified atom stereocenters. The zero-order chi connectivity index (χ0) is 14.8. The molecule has 2 heterocycles. The van der Waals surface area contributed by atoms with Gasteiger partial charge in [0, 0.05) is 5.56 Å². The van der Waals surface area contributed by atoms with Gasteiger partial charge in [0.05, 0.1) is 5.75 Å². The number of fused-ring (bicyclic) bond motifs is 1. The summed E-state index contributed by atoms with van der Waals surface area (Å²) in [6, 6.07) is 5.06. The van der Waals surface area contributed by atoms with Crippen LogP contribution >= 0.6 is 11.8 Å². The highest BCUT2D eigenvalue weighted by Gasteiger charge is 2.17. The summed E-state index contributed by atoms with van der Waals surface area (Å²) in [5.74, 6) is 12.4. The molecule has 10 heteroatoms. The van der Waals surface area contributed by atoms with Gasteiger partial charge in [-0.25, -0.2) is 10.5 Å². The fourth-order valence-electron chi connectivity index (χ4n) is 1.76. The molecule has 9 nitrogen and oxygen atoms in total. The number of ether oxygens (including phenoxy) is 2. The lowest BCUT2D eigenvalue weighted by atomic mass is 10.1. The molecule has 0 saturated heterocycles. The number of nitrogens with two attached hydrogens (primary N) is 2. The number of benzene rings is 1. The van der Waals surface area contributed by atoms with Crippen LogP contribution in [0.1, 0.15) is 10.4 Å². The highest BCUT2D eigenvalue weighted by molar-refractivity contribution is 7.99. The summed E-state index contributed by atoms with van der Waals surface area (Å²) in [6.45, 7) is 0.173. The fourth-order valence-corrected chi connectivity index (χ4v) is 2.51. The number of thioether (sulfide) groups is 1. The summed E-state index contributed by atoms with van der Waals surface area (Å²) in [5, 5.41) is 7.92. The van der Waals surface area contributed by atoms with Crippen LogP contribution in [-0.2, 0) is 0 Å². The van der Waals surface area contributed by atoms with Crippen molar-refractivity contribution in [1.29, 1.82) is 0 Å². The van der Waals surface area contributed by atoms with E-state index >= 15 is 0 Å². The molecule has 2 aromatic rings. The van der Waals surface area contributed by atoms with Gasteiger partial charge < -0.3 is 15.3 Å². The molecule has 0 radical (unpaired) electrons. The number of hydrogen-bond donors (Lipinski definition) is 3. The first-order valence-corrected chi connectivity index (χ1v) is 6.90. The molecule has 1 aliphatic heterocycles. The molecule has 1 aromatic heterocycles. The lowest BCUT2D eigenvalue weighted by Crippen LogP contribution is -2.19. The normalized spacial score (nSPS) is 12.4. The van der Waals surface area contributed by atoms with Crippen LogP contribution in [0.3, 0.4) is 0 Å². The second-order valence-corrected chi connectivity index (χ2v) is 5.04. The zero-order valence-electron chi connectivity index (χ0n) is 10.8. The third-order valence-corrected chi connectivity index (χ3v) is 3.76. The van der Waals surface area contributed by atoms with Crippen molar-refractivity contribution in [2.24, 2.45) is 5.84 Å². The third kappa shape index (κ3) is 2.58. The van der Waals surface area contributed by atoms with Crippen LogP contribution in [-0.4, -0.2) is 33.2 Å². The largest absolute Gasteiger partial charge is 0.454 e. The quantitative estimate of drug-likeness (QED) is 0.302. The van der Waals surface area contributed by atoms with Crippen LogP contribution in [0.25, 0.3) is 0 Å². The number of hydrazine groups is 1. The number of nitrogens with zero attached hydrogens (tertiary/aromatic N) is 3. The van der Waals surface area contributed by atoms with Crippen LogP contribution in [0, 0.1) is 0 Å². The Morgan fingerprint density at radius 3 is 2.95 bits per heavy atom. The second kappa shape index (κ2) is 5.50. The van der Waals surface area contributed by atoms with Gasteiger partial charge in [0.15, 0.2) is 17.3 Å². The predicted molar refractivity (Wildman–Crippen MR) is 75.6 cm³/mol. The summed E-state index contributed by atoms with van der Waals surface area (Å²) in [4.78, 5) is 12.1. The number of rotatable bonds is 5. The van der Waals surface area contributed by atoms with Gasteiger partial charge in [-0.3, -0.25) is 10.2 Å². The molecule has 0 fully saturated rings. The van der Waals surface area contributed by atoms with Gasteiger partial charge in [0.1, 0.15) is 0 Å². The van der Waals surface area contributed by atoms with Crippen LogP contribution in [0.5, 0.6) is 11.5 Å². The number of carbonyl (C=O) groups is 1. The Balaban J connectivity index is 1.67. The Labute approximate surface area is 123 Å². The number of nitrogen functional groups attached to an aromatic ring is 2. The Morgan fingerprint density at radius 1 is 1.38 bits per heavy atom. The van der Waals surface area contributed by atoms with E-state index in [1.54, 1.807) is 18.2 Å². The maximum atomic E-state index is 12.1. The molecule has 0 atom stereocenters. The minimum Gasteiger partial charge on any atom is -0.454 e. The molecule has 0 spiro atoms. The SMILES string of the molecule is NNc1nnc(SCC(=O)c2ccc3c(c2)OCO3)n1N.